The first-order valence-corrected chi connectivity index (χ1v) is 9.89. The summed E-state index contributed by atoms with van der Waals surface area (Å²) in [6.07, 6.45) is 1.59. The Morgan fingerprint density at radius 1 is 1.04 bits per heavy atom. The minimum Gasteiger partial charge on any atom is -0.348 e. The lowest BCUT2D eigenvalue weighted by molar-refractivity contribution is -0.139. The molecule has 0 spiro atoms. The number of urea groups is 1. The molecule has 3 N–H and O–H groups in total. The van der Waals surface area contributed by atoms with Crippen molar-refractivity contribution in [1.29, 1.82) is 0 Å². The van der Waals surface area contributed by atoms with Crippen LogP contribution in [0.4, 0.5) is 4.79 Å². The predicted octanol–water partition coefficient (Wildman–Crippen LogP) is 2.29. The molecule has 0 bridgehead atoms. The van der Waals surface area contributed by atoms with Crippen molar-refractivity contribution in [1.82, 2.24) is 20.9 Å². The van der Waals surface area contributed by atoms with Gasteiger partial charge in [0, 0.05) is 36.7 Å². The zero-order valence-electron chi connectivity index (χ0n) is 16.7. The first-order valence-electron chi connectivity index (χ1n) is 9.51. The molecular weight excluding hydrogens is 380 g/mol. The van der Waals surface area contributed by atoms with E-state index in [4.69, 9.17) is 11.6 Å². The van der Waals surface area contributed by atoms with Crippen LogP contribution in [0.2, 0.25) is 5.02 Å². The van der Waals surface area contributed by atoms with Crippen molar-refractivity contribution in [2.24, 2.45) is 5.92 Å². The molecule has 0 unspecified atom stereocenters. The molecule has 1 aromatic carbocycles. The van der Waals surface area contributed by atoms with Gasteiger partial charge in [0.2, 0.25) is 0 Å². The van der Waals surface area contributed by atoms with Crippen molar-refractivity contribution in [2.45, 2.75) is 45.7 Å². The third-order valence-electron chi connectivity index (χ3n) is 4.51. The molecule has 1 aliphatic rings. The molecule has 1 heterocycles. The highest BCUT2D eigenvalue weighted by atomic mass is 35.5. The van der Waals surface area contributed by atoms with Gasteiger partial charge in [0.1, 0.15) is 0 Å². The Hall–Kier alpha value is -2.28. The summed E-state index contributed by atoms with van der Waals surface area (Å²) in [5, 5.41) is 8.86. The van der Waals surface area contributed by atoms with Gasteiger partial charge in [-0.2, -0.15) is 0 Å². The molecule has 2 rings (SSSR count). The van der Waals surface area contributed by atoms with Crippen molar-refractivity contribution >= 4 is 29.4 Å². The van der Waals surface area contributed by atoms with Gasteiger partial charge < -0.3 is 20.9 Å². The summed E-state index contributed by atoms with van der Waals surface area (Å²) in [7, 11) is 0. The van der Waals surface area contributed by atoms with Crippen molar-refractivity contribution < 1.29 is 14.4 Å². The summed E-state index contributed by atoms with van der Waals surface area (Å²) in [5.74, 6) is -1.04. The Kier molecular flexibility index (Phi) is 7.69. The molecule has 7 nitrogen and oxygen atoms in total. The Morgan fingerprint density at radius 3 is 2.18 bits per heavy atom. The summed E-state index contributed by atoms with van der Waals surface area (Å²) < 4.78 is 0. The van der Waals surface area contributed by atoms with Gasteiger partial charge in [-0.25, -0.2) is 4.79 Å². The number of rotatable bonds is 4. The lowest BCUT2D eigenvalue weighted by Crippen LogP contribution is -2.51. The second kappa shape index (κ2) is 9.78. The fraction of sp³-hybridized carbons (Fsp3) is 0.550. The molecule has 0 radical (unpaired) electrons. The van der Waals surface area contributed by atoms with Crippen molar-refractivity contribution in [3.05, 3.63) is 34.9 Å². The maximum Gasteiger partial charge on any atom is 0.317 e. The molecule has 8 heteroatoms. The minimum atomic E-state index is -0.656. The van der Waals surface area contributed by atoms with Crippen molar-refractivity contribution in [2.75, 3.05) is 19.6 Å². The summed E-state index contributed by atoms with van der Waals surface area (Å²) in [6, 6.07) is 7.00. The first kappa shape index (κ1) is 22.0. The molecule has 0 atom stereocenters. The number of nitrogens with one attached hydrogen (secondary N) is 3. The molecule has 154 valence electrons. The summed E-state index contributed by atoms with van der Waals surface area (Å²) >= 11 is 5.82. The summed E-state index contributed by atoms with van der Waals surface area (Å²) in [5.41, 5.74) is 0.604. The minimum absolute atomic E-state index is 0.0587. The van der Waals surface area contributed by atoms with E-state index in [1.807, 2.05) is 20.8 Å². The van der Waals surface area contributed by atoms with E-state index < -0.39 is 11.8 Å². The Bertz CT molecular complexity index is 692. The van der Waals surface area contributed by atoms with Crippen LogP contribution < -0.4 is 16.0 Å². The third-order valence-corrected chi connectivity index (χ3v) is 4.76. The lowest BCUT2D eigenvalue weighted by atomic mass is 9.97. The van der Waals surface area contributed by atoms with Crippen LogP contribution in [0.1, 0.15) is 39.2 Å². The SMILES string of the molecule is CC(C)(C)NC(=O)N1CCC(CNC(=O)C(=O)NCc2ccc(Cl)cc2)CC1. The van der Waals surface area contributed by atoms with Crippen LogP contribution in [-0.4, -0.2) is 47.9 Å². The molecule has 4 amide bonds. The number of carbonyl (C=O) groups excluding carboxylic acids is 3. The second-order valence-electron chi connectivity index (χ2n) is 8.13. The van der Waals surface area contributed by atoms with E-state index in [1.165, 1.54) is 0 Å². The standard InChI is InChI=1S/C20H29ClN4O3/c1-20(2,3)24-19(28)25-10-8-15(9-11-25)13-23-18(27)17(26)22-12-14-4-6-16(21)7-5-14/h4-7,15H,8-13H2,1-3H3,(H,22,26)(H,23,27)(H,24,28). The van der Waals surface area contributed by atoms with Gasteiger partial charge >= 0.3 is 17.8 Å². The predicted molar refractivity (Wildman–Crippen MR) is 109 cm³/mol. The second-order valence-corrected chi connectivity index (χ2v) is 8.57. The smallest absolute Gasteiger partial charge is 0.317 e. The lowest BCUT2D eigenvalue weighted by Gasteiger charge is -2.34. The third kappa shape index (κ3) is 7.38. The average Bonchev–Trinajstić information content (AvgIpc) is 2.64. The molecular formula is C20H29ClN4O3. The van der Waals surface area contributed by atoms with Gasteiger partial charge in [0.05, 0.1) is 0 Å². The van der Waals surface area contributed by atoms with Crippen LogP contribution in [0.5, 0.6) is 0 Å². The molecule has 1 saturated heterocycles. The van der Waals surface area contributed by atoms with E-state index in [0.717, 1.165) is 18.4 Å². The van der Waals surface area contributed by atoms with Crippen LogP contribution in [0.25, 0.3) is 0 Å². The number of amides is 4. The van der Waals surface area contributed by atoms with Gasteiger partial charge in [-0.15, -0.1) is 0 Å². The normalized spacial score (nSPS) is 15.1. The molecule has 1 aliphatic heterocycles. The number of halogens is 1. The van der Waals surface area contributed by atoms with Crippen LogP contribution in [-0.2, 0) is 16.1 Å². The van der Waals surface area contributed by atoms with E-state index in [-0.39, 0.29) is 24.0 Å². The largest absolute Gasteiger partial charge is 0.348 e. The number of carbonyl (C=O) groups is 3. The monoisotopic (exact) mass is 408 g/mol. The average molecular weight is 409 g/mol. The van der Waals surface area contributed by atoms with Gasteiger partial charge in [-0.05, 0) is 57.2 Å². The zero-order valence-corrected chi connectivity index (χ0v) is 17.4. The van der Waals surface area contributed by atoms with Gasteiger partial charge in [0.15, 0.2) is 0 Å². The van der Waals surface area contributed by atoms with Crippen LogP contribution >= 0.6 is 11.6 Å². The topological polar surface area (TPSA) is 90.5 Å². The summed E-state index contributed by atoms with van der Waals surface area (Å²) in [4.78, 5) is 37.9. The van der Waals surface area contributed by atoms with Crippen molar-refractivity contribution in [3.8, 4) is 0 Å². The van der Waals surface area contributed by atoms with Crippen LogP contribution in [0.15, 0.2) is 24.3 Å². The van der Waals surface area contributed by atoms with Gasteiger partial charge in [0.25, 0.3) is 0 Å². The molecule has 28 heavy (non-hydrogen) atoms. The fourth-order valence-corrected chi connectivity index (χ4v) is 3.05. The van der Waals surface area contributed by atoms with Gasteiger partial charge in [-0.1, -0.05) is 23.7 Å². The van der Waals surface area contributed by atoms with E-state index >= 15 is 0 Å². The Morgan fingerprint density at radius 2 is 1.61 bits per heavy atom. The van der Waals surface area contributed by atoms with Crippen LogP contribution in [0.3, 0.4) is 0 Å². The van der Waals surface area contributed by atoms with Crippen molar-refractivity contribution in [3.63, 3.8) is 0 Å². The first-order chi connectivity index (χ1) is 13.1. The number of piperidine rings is 1. The maximum absolute atomic E-state index is 12.2. The summed E-state index contributed by atoms with van der Waals surface area (Å²) in [6.45, 7) is 7.84. The number of benzene rings is 1. The fourth-order valence-electron chi connectivity index (χ4n) is 2.92. The highest BCUT2D eigenvalue weighted by Crippen LogP contribution is 2.17. The molecule has 0 aromatic heterocycles. The Labute approximate surface area is 171 Å². The zero-order chi connectivity index (χ0) is 20.7. The molecule has 1 fully saturated rings. The quantitative estimate of drug-likeness (QED) is 0.667. The molecule has 0 saturated carbocycles. The molecule has 1 aromatic rings. The highest BCUT2D eigenvalue weighted by Gasteiger charge is 2.25. The molecule has 0 aliphatic carbocycles. The van der Waals surface area contributed by atoms with E-state index in [9.17, 15) is 14.4 Å². The highest BCUT2D eigenvalue weighted by molar-refractivity contribution is 6.35. The number of hydrogen-bond donors (Lipinski definition) is 3. The number of hydrogen-bond acceptors (Lipinski definition) is 3. The van der Waals surface area contributed by atoms with Gasteiger partial charge in [-0.3, -0.25) is 9.59 Å². The Balaban J connectivity index is 1.67. The van der Waals surface area contributed by atoms with E-state index in [2.05, 4.69) is 16.0 Å². The van der Waals surface area contributed by atoms with Crippen LogP contribution in [0, 0.1) is 5.92 Å². The number of nitrogens with zero attached hydrogens (tertiary/aromatic N) is 1. The van der Waals surface area contributed by atoms with E-state index in [0.29, 0.717) is 24.7 Å². The maximum atomic E-state index is 12.2. The number of likely N-dealkylation sites (tertiary alicyclic amines) is 1. The van der Waals surface area contributed by atoms with E-state index in [1.54, 1.807) is 29.2 Å².